The normalized spacial score (nSPS) is 26.3. The van der Waals surface area contributed by atoms with Crippen LogP contribution in [-0.4, -0.2) is 37.3 Å². The van der Waals surface area contributed by atoms with Gasteiger partial charge in [0.05, 0.1) is 11.5 Å². The molecule has 0 N–H and O–H groups in total. The molecule has 0 bridgehead atoms. The first kappa shape index (κ1) is 12.6. The fraction of sp³-hybridized carbons (Fsp3) is 1.00. The molecule has 0 aromatic carbocycles. The van der Waals surface area contributed by atoms with Crippen LogP contribution in [0.2, 0.25) is 0 Å². The SMILES string of the molecule is O=S(=O)(OCC1(Cl)CCC1)N1CCCCC1. The van der Waals surface area contributed by atoms with Crippen LogP contribution >= 0.6 is 11.6 Å². The minimum atomic E-state index is -3.54. The van der Waals surface area contributed by atoms with Gasteiger partial charge in [-0.25, -0.2) is 0 Å². The second kappa shape index (κ2) is 4.80. The Bertz CT molecular complexity index is 334. The Labute approximate surface area is 102 Å². The van der Waals surface area contributed by atoms with Gasteiger partial charge in [0.15, 0.2) is 0 Å². The van der Waals surface area contributed by atoms with Gasteiger partial charge in [-0.1, -0.05) is 6.42 Å². The van der Waals surface area contributed by atoms with Crippen LogP contribution in [0.4, 0.5) is 0 Å². The Morgan fingerprint density at radius 3 is 2.25 bits per heavy atom. The molecule has 0 aromatic rings. The molecule has 0 radical (unpaired) electrons. The van der Waals surface area contributed by atoms with E-state index in [4.69, 9.17) is 15.8 Å². The minimum absolute atomic E-state index is 0.118. The van der Waals surface area contributed by atoms with Gasteiger partial charge in [-0.15, -0.1) is 11.6 Å². The molecule has 2 fully saturated rings. The lowest BCUT2D eigenvalue weighted by molar-refractivity contribution is 0.185. The van der Waals surface area contributed by atoms with Gasteiger partial charge in [0.2, 0.25) is 0 Å². The lowest BCUT2D eigenvalue weighted by Crippen LogP contribution is -2.41. The lowest BCUT2D eigenvalue weighted by atomic mass is 9.85. The summed E-state index contributed by atoms with van der Waals surface area (Å²) < 4.78 is 30.1. The maximum absolute atomic E-state index is 11.8. The van der Waals surface area contributed by atoms with Crippen LogP contribution in [0.5, 0.6) is 0 Å². The first-order valence-corrected chi connectivity index (χ1v) is 7.60. The summed E-state index contributed by atoms with van der Waals surface area (Å²) in [5.74, 6) is 0. The maximum atomic E-state index is 11.8. The predicted octanol–water partition coefficient (Wildman–Crippen LogP) is 1.90. The van der Waals surface area contributed by atoms with Crippen LogP contribution < -0.4 is 0 Å². The largest absolute Gasteiger partial charge is 0.338 e. The summed E-state index contributed by atoms with van der Waals surface area (Å²) in [7, 11) is -3.54. The van der Waals surface area contributed by atoms with Crippen molar-refractivity contribution in [3.63, 3.8) is 0 Å². The Balaban J connectivity index is 1.86. The monoisotopic (exact) mass is 267 g/mol. The Kier molecular flexibility index (Phi) is 3.79. The molecule has 2 rings (SSSR count). The molecule has 1 saturated carbocycles. The van der Waals surface area contributed by atoms with E-state index in [1.165, 1.54) is 4.31 Å². The van der Waals surface area contributed by atoms with Crippen molar-refractivity contribution in [2.75, 3.05) is 19.7 Å². The van der Waals surface area contributed by atoms with E-state index >= 15 is 0 Å². The highest BCUT2D eigenvalue weighted by Gasteiger charge is 2.37. The van der Waals surface area contributed by atoms with Crippen LogP contribution in [0.1, 0.15) is 38.5 Å². The zero-order chi connectivity index (χ0) is 11.6. The molecule has 6 heteroatoms. The third-order valence-corrected chi connectivity index (χ3v) is 5.25. The van der Waals surface area contributed by atoms with E-state index in [9.17, 15) is 8.42 Å². The first-order chi connectivity index (χ1) is 7.52. The number of piperidine rings is 1. The number of halogens is 1. The highest BCUT2D eigenvalue weighted by Crippen LogP contribution is 2.38. The van der Waals surface area contributed by atoms with Gasteiger partial charge >= 0.3 is 10.3 Å². The summed E-state index contributed by atoms with van der Waals surface area (Å²) in [4.78, 5) is -0.428. The van der Waals surface area contributed by atoms with E-state index in [0.717, 1.165) is 38.5 Å². The van der Waals surface area contributed by atoms with Crippen LogP contribution in [-0.2, 0) is 14.5 Å². The number of nitrogens with zero attached hydrogens (tertiary/aromatic N) is 1. The molecule has 16 heavy (non-hydrogen) atoms. The minimum Gasteiger partial charge on any atom is -0.256 e. The number of alkyl halides is 1. The highest BCUT2D eigenvalue weighted by atomic mass is 35.5. The first-order valence-electron chi connectivity index (χ1n) is 5.85. The number of hydrogen-bond donors (Lipinski definition) is 0. The molecule has 0 amide bonds. The zero-order valence-corrected chi connectivity index (χ0v) is 10.9. The van der Waals surface area contributed by atoms with Gasteiger partial charge in [0.1, 0.15) is 0 Å². The van der Waals surface area contributed by atoms with Crippen molar-refractivity contribution in [3.05, 3.63) is 0 Å². The van der Waals surface area contributed by atoms with Crippen molar-refractivity contribution < 1.29 is 12.6 Å². The van der Waals surface area contributed by atoms with E-state index in [0.29, 0.717) is 13.1 Å². The molecular formula is C10H18ClNO3S. The number of rotatable bonds is 4. The molecule has 2 aliphatic rings. The number of hydrogen-bond acceptors (Lipinski definition) is 3. The summed E-state index contributed by atoms with van der Waals surface area (Å²) in [6.45, 7) is 1.28. The molecule has 0 spiro atoms. The van der Waals surface area contributed by atoms with Gasteiger partial charge in [0, 0.05) is 13.1 Å². The topological polar surface area (TPSA) is 46.6 Å². The summed E-state index contributed by atoms with van der Waals surface area (Å²) >= 11 is 6.14. The van der Waals surface area contributed by atoms with Crippen molar-refractivity contribution >= 4 is 21.9 Å². The fourth-order valence-corrected chi connectivity index (χ4v) is 3.66. The summed E-state index contributed by atoms with van der Waals surface area (Å²) in [5, 5.41) is 0. The second-order valence-electron chi connectivity index (χ2n) is 4.68. The van der Waals surface area contributed by atoms with E-state index in [2.05, 4.69) is 0 Å². The van der Waals surface area contributed by atoms with Crippen molar-refractivity contribution in [2.45, 2.75) is 43.4 Å². The second-order valence-corrected chi connectivity index (χ2v) is 7.09. The van der Waals surface area contributed by atoms with Crippen molar-refractivity contribution in [1.29, 1.82) is 0 Å². The van der Waals surface area contributed by atoms with Crippen LogP contribution in [0.15, 0.2) is 0 Å². The summed E-state index contributed by atoms with van der Waals surface area (Å²) in [5.41, 5.74) is 0. The Hall–Kier alpha value is 0.160. The summed E-state index contributed by atoms with van der Waals surface area (Å²) in [6.07, 6.45) is 5.72. The zero-order valence-electron chi connectivity index (χ0n) is 9.32. The lowest BCUT2D eigenvalue weighted by Gasteiger charge is -2.35. The summed E-state index contributed by atoms with van der Waals surface area (Å²) in [6, 6.07) is 0. The van der Waals surface area contributed by atoms with Crippen LogP contribution in [0.3, 0.4) is 0 Å². The molecule has 0 aromatic heterocycles. The van der Waals surface area contributed by atoms with E-state index in [1.807, 2.05) is 0 Å². The van der Waals surface area contributed by atoms with Crippen LogP contribution in [0.25, 0.3) is 0 Å². The standard InChI is InChI=1S/C10H18ClNO3S/c11-10(5-4-6-10)9-15-16(13,14)12-7-2-1-3-8-12/h1-9H2. The van der Waals surface area contributed by atoms with E-state index < -0.39 is 15.2 Å². The molecule has 1 saturated heterocycles. The maximum Gasteiger partial charge on any atom is 0.338 e. The predicted molar refractivity (Wildman–Crippen MR) is 62.7 cm³/mol. The smallest absolute Gasteiger partial charge is 0.256 e. The molecule has 0 unspecified atom stereocenters. The molecule has 94 valence electrons. The molecular weight excluding hydrogens is 250 g/mol. The third kappa shape index (κ3) is 2.88. The van der Waals surface area contributed by atoms with Crippen molar-refractivity contribution in [3.8, 4) is 0 Å². The molecule has 1 aliphatic carbocycles. The van der Waals surface area contributed by atoms with Crippen LogP contribution in [0, 0.1) is 0 Å². The van der Waals surface area contributed by atoms with Crippen molar-refractivity contribution in [1.82, 2.24) is 4.31 Å². The molecule has 1 heterocycles. The highest BCUT2D eigenvalue weighted by molar-refractivity contribution is 7.84. The van der Waals surface area contributed by atoms with Gasteiger partial charge < -0.3 is 0 Å². The molecule has 0 atom stereocenters. The Morgan fingerprint density at radius 2 is 1.75 bits per heavy atom. The van der Waals surface area contributed by atoms with E-state index in [-0.39, 0.29) is 6.61 Å². The van der Waals surface area contributed by atoms with Gasteiger partial charge in [-0.2, -0.15) is 12.7 Å². The quantitative estimate of drug-likeness (QED) is 0.731. The Morgan fingerprint density at radius 1 is 1.12 bits per heavy atom. The van der Waals surface area contributed by atoms with Crippen molar-refractivity contribution in [2.24, 2.45) is 0 Å². The van der Waals surface area contributed by atoms with Gasteiger partial charge in [-0.05, 0) is 32.1 Å². The van der Waals surface area contributed by atoms with Gasteiger partial charge in [0.25, 0.3) is 0 Å². The average Bonchev–Trinajstić information content (AvgIpc) is 2.25. The third-order valence-electron chi connectivity index (χ3n) is 3.35. The molecule has 4 nitrogen and oxygen atoms in total. The fourth-order valence-electron chi connectivity index (χ4n) is 2.05. The van der Waals surface area contributed by atoms with Gasteiger partial charge in [-0.3, -0.25) is 4.18 Å². The average molecular weight is 268 g/mol. The molecule has 1 aliphatic heterocycles. The van der Waals surface area contributed by atoms with E-state index in [1.54, 1.807) is 0 Å².